The first-order valence-corrected chi connectivity index (χ1v) is 9.34. The van der Waals surface area contributed by atoms with Gasteiger partial charge >= 0.3 is 0 Å². The molecule has 0 unspecified atom stereocenters. The van der Waals surface area contributed by atoms with Crippen molar-refractivity contribution in [3.63, 3.8) is 0 Å². The van der Waals surface area contributed by atoms with Gasteiger partial charge in [0.15, 0.2) is 0 Å². The average Bonchev–Trinajstić information content (AvgIpc) is 2.67. The van der Waals surface area contributed by atoms with Crippen LogP contribution in [0, 0.1) is 17.0 Å². The van der Waals surface area contributed by atoms with Crippen molar-refractivity contribution in [1.82, 2.24) is 14.9 Å². The van der Waals surface area contributed by atoms with Crippen molar-refractivity contribution in [2.45, 2.75) is 13.8 Å². The highest BCUT2D eigenvalue weighted by atomic mass is 35.5. The maximum atomic E-state index is 12.8. The first-order chi connectivity index (χ1) is 13.4. The number of benzene rings is 1. The highest BCUT2D eigenvalue weighted by Gasteiger charge is 2.26. The van der Waals surface area contributed by atoms with Crippen LogP contribution >= 0.6 is 11.6 Å². The maximum Gasteiger partial charge on any atom is 0.270 e. The van der Waals surface area contributed by atoms with Crippen LogP contribution in [0.3, 0.4) is 0 Å². The van der Waals surface area contributed by atoms with Crippen molar-refractivity contribution in [3.8, 4) is 0 Å². The molecular weight excluding hydrogens is 384 g/mol. The number of aromatic nitrogens is 2. The Morgan fingerprint density at radius 2 is 1.96 bits per heavy atom. The molecule has 2 heterocycles. The second-order valence-corrected chi connectivity index (χ2v) is 6.83. The summed E-state index contributed by atoms with van der Waals surface area (Å²) in [6.07, 6.45) is 0. The number of piperazine rings is 1. The summed E-state index contributed by atoms with van der Waals surface area (Å²) in [6, 6.07) is 5.79. The predicted octanol–water partition coefficient (Wildman–Crippen LogP) is 2.74. The Morgan fingerprint density at radius 3 is 2.57 bits per heavy atom. The van der Waals surface area contributed by atoms with Crippen molar-refractivity contribution in [2.75, 3.05) is 42.9 Å². The number of halogens is 1. The van der Waals surface area contributed by atoms with Crippen molar-refractivity contribution >= 4 is 35.0 Å². The number of carbonyl (C=O) groups is 1. The summed E-state index contributed by atoms with van der Waals surface area (Å²) in [4.78, 5) is 35.8. The van der Waals surface area contributed by atoms with E-state index in [9.17, 15) is 14.9 Å². The molecule has 0 saturated carbocycles. The Hall–Kier alpha value is -2.94. The lowest BCUT2D eigenvalue weighted by Gasteiger charge is -2.35. The van der Waals surface area contributed by atoms with Gasteiger partial charge in [-0.1, -0.05) is 11.6 Å². The molecule has 148 valence electrons. The number of nitro benzene ring substituents is 1. The summed E-state index contributed by atoms with van der Waals surface area (Å²) in [5.41, 5.74) is 0.999. The van der Waals surface area contributed by atoms with E-state index in [1.807, 2.05) is 24.8 Å². The number of non-ortho nitro benzene ring substituents is 1. The van der Waals surface area contributed by atoms with Gasteiger partial charge in [-0.2, -0.15) is 4.98 Å². The van der Waals surface area contributed by atoms with Gasteiger partial charge in [0.2, 0.25) is 5.95 Å². The molecule has 1 aromatic carbocycles. The maximum absolute atomic E-state index is 12.8. The van der Waals surface area contributed by atoms with Crippen molar-refractivity contribution in [2.24, 2.45) is 0 Å². The van der Waals surface area contributed by atoms with Crippen molar-refractivity contribution in [1.29, 1.82) is 0 Å². The van der Waals surface area contributed by atoms with Gasteiger partial charge in [0.05, 0.1) is 15.5 Å². The Balaban J connectivity index is 1.68. The number of anilines is 2. The van der Waals surface area contributed by atoms with Crippen LogP contribution in [0.25, 0.3) is 0 Å². The predicted molar refractivity (Wildman–Crippen MR) is 107 cm³/mol. The lowest BCUT2D eigenvalue weighted by Crippen LogP contribution is -2.49. The smallest absolute Gasteiger partial charge is 0.270 e. The van der Waals surface area contributed by atoms with Gasteiger partial charge in [0.1, 0.15) is 5.82 Å². The van der Waals surface area contributed by atoms with Crippen LogP contribution < -0.4 is 10.2 Å². The van der Waals surface area contributed by atoms with Gasteiger partial charge < -0.3 is 15.1 Å². The van der Waals surface area contributed by atoms with Gasteiger partial charge in [-0.25, -0.2) is 4.98 Å². The minimum absolute atomic E-state index is 0.0823. The van der Waals surface area contributed by atoms with Crippen LogP contribution in [0.5, 0.6) is 0 Å². The van der Waals surface area contributed by atoms with Crippen molar-refractivity contribution < 1.29 is 9.72 Å². The number of hydrogen-bond donors (Lipinski definition) is 1. The molecule has 1 N–H and O–H groups in total. The molecule has 9 nitrogen and oxygen atoms in total. The van der Waals surface area contributed by atoms with Crippen LogP contribution in [0.2, 0.25) is 5.02 Å². The van der Waals surface area contributed by atoms with Gasteiger partial charge in [-0.15, -0.1) is 0 Å². The first kappa shape index (κ1) is 19.8. The number of aryl methyl sites for hydroxylation is 1. The van der Waals surface area contributed by atoms with E-state index < -0.39 is 4.92 Å². The van der Waals surface area contributed by atoms with E-state index in [1.165, 1.54) is 18.2 Å². The van der Waals surface area contributed by atoms with Crippen LogP contribution in [-0.4, -0.2) is 58.4 Å². The zero-order chi connectivity index (χ0) is 20.3. The molecule has 10 heteroatoms. The van der Waals surface area contributed by atoms with E-state index in [0.29, 0.717) is 32.1 Å². The SMILES string of the molecule is CCNc1cc(C)nc(N2CCN(C(=O)c3ccc([N+](=O)[O-])cc3Cl)CC2)n1. The third kappa shape index (κ3) is 4.30. The van der Waals surface area contributed by atoms with E-state index in [-0.39, 0.29) is 22.2 Å². The molecule has 1 aromatic heterocycles. The Kier molecular flexibility index (Phi) is 5.93. The molecule has 0 atom stereocenters. The molecule has 1 amide bonds. The molecule has 1 aliphatic heterocycles. The molecule has 2 aromatic rings. The molecule has 1 aliphatic rings. The quantitative estimate of drug-likeness (QED) is 0.603. The van der Waals surface area contributed by atoms with Crippen LogP contribution in [0.1, 0.15) is 23.0 Å². The van der Waals surface area contributed by atoms with E-state index in [1.54, 1.807) is 4.90 Å². The highest BCUT2D eigenvalue weighted by Crippen LogP contribution is 2.24. The van der Waals surface area contributed by atoms with Crippen LogP contribution in [0.15, 0.2) is 24.3 Å². The number of nitrogens with one attached hydrogen (secondary N) is 1. The minimum atomic E-state index is -0.539. The summed E-state index contributed by atoms with van der Waals surface area (Å²) in [6.45, 7) is 6.85. The molecule has 0 radical (unpaired) electrons. The summed E-state index contributed by atoms with van der Waals surface area (Å²) < 4.78 is 0. The zero-order valence-corrected chi connectivity index (χ0v) is 16.4. The van der Waals surface area contributed by atoms with E-state index in [4.69, 9.17) is 11.6 Å². The third-order valence-electron chi connectivity index (χ3n) is 4.44. The van der Waals surface area contributed by atoms with Crippen LogP contribution in [-0.2, 0) is 0 Å². The Bertz CT molecular complexity index is 899. The van der Waals surface area contributed by atoms with Crippen LogP contribution in [0.4, 0.5) is 17.5 Å². The fourth-order valence-corrected chi connectivity index (χ4v) is 3.29. The van der Waals surface area contributed by atoms with E-state index in [2.05, 4.69) is 15.3 Å². The molecule has 1 fully saturated rings. The number of nitrogens with zero attached hydrogens (tertiary/aromatic N) is 5. The third-order valence-corrected chi connectivity index (χ3v) is 4.76. The Labute approximate surface area is 167 Å². The molecule has 0 spiro atoms. The summed E-state index contributed by atoms with van der Waals surface area (Å²) in [7, 11) is 0. The molecule has 1 saturated heterocycles. The fourth-order valence-electron chi connectivity index (χ4n) is 3.04. The second-order valence-electron chi connectivity index (χ2n) is 6.43. The summed E-state index contributed by atoms with van der Waals surface area (Å²) in [5.74, 6) is 1.18. The highest BCUT2D eigenvalue weighted by molar-refractivity contribution is 6.34. The lowest BCUT2D eigenvalue weighted by molar-refractivity contribution is -0.384. The standard InChI is InChI=1S/C18H21ClN6O3/c1-3-20-16-10-12(2)21-18(22-16)24-8-6-23(7-9-24)17(26)14-5-4-13(25(27)28)11-15(14)19/h4-5,10-11H,3,6-9H2,1-2H3,(H,20,21,22). The molecule has 0 bridgehead atoms. The van der Waals surface area contributed by atoms with Gasteiger partial charge in [0, 0.05) is 56.6 Å². The number of hydrogen-bond acceptors (Lipinski definition) is 7. The lowest BCUT2D eigenvalue weighted by atomic mass is 10.1. The fraction of sp³-hybridized carbons (Fsp3) is 0.389. The molecule has 3 rings (SSSR count). The summed E-state index contributed by atoms with van der Waals surface area (Å²) >= 11 is 6.09. The second kappa shape index (κ2) is 8.39. The molecular formula is C18H21ClN6O3. The normalized spacial score (nSPS) is 14.1. The summed E-state index contributed by atoms with van der Waals surface area (Å²) in [5, 5.41) is 14.1. The topological polar surface area (TPSA) is 105 Å². The van der Waals surface area contributed by atoms with E-state index >= 15 is 0 Å². The first-order valence-electron chi connectivity index (χ1n) is 8.96. The Morgan fingerprint density at radius 1 is 1.25 bits per heavy atom. The number of amides is 1. The monoisotopic (exact) mass is 404 g/mol. The minimum Gasteiger partial charge on any atom is -0.370 e. The largest absolute Gasteiger partial charge is 0.370 e. The van der Waals surface area contributed by atoms with Gasteiger partial charge in [-0.3, -0.25) is 14.9 Å². The average molecular weight is 405 g/mol. The number of nitro groups is 1. The molecule has 28 heavy (non-hydrogen) atoms. The van der Waals surface area contributed by atoms with Gasteiger partial charge in [-0.05, 0) is 19.9 Å². The van der Waals surface area contributed by atoms with Crippen molar-refractivity contribution in [3.05, 3.63) is 50.7 Å². The molecule has 0 aliphatic carbocycles. The zero-order valence-electron chi connectivity index (χ0n) is 15.7. The van der Waals surface area contributed by atoms with E-state index in [0.717, 1.165) is 18.1 Å². The van der Waals surface area contributed by atoms with Gasteiger partial charge in [0.25, 0.3) is 11.6 Å². The number of carbonyl (C=O) groups excluding carboxylic acids is 1. The number of rotatable bonds is 5.